The van der Waals surface area contributed by atoms with Gasteiger partial charge in [-0.3, -0.25) is 4.90 Å². The Kier molecular flexibility index (Phi) is 4.95. The van der Waals surface area contributed by atoms with Gasteiger partial charge in [-0.2, -0.15) is 0 Å². The largest absolute Gasteiger partial charge is 0.329 e. The van der Waals surface area contributed by atoms with Crippen LogP contribution in [0.4, 0.5) is 0 Å². The van der Waals surface area contributed by atoms with Crippen molar-refractivity contribution in [1.82, 2.24) is 4.90 Å². The molecule has 2 heteroatoms. The Bertz CT molecular complexity index is 318. The quantitative estimate of drug-likeness (QED) is 0.718. The minimum absolute atomic E-state index is 0.342. The van der Waals surface area contributed by atoms with E-state index in [0.717, 1.165) is 30.2 Å². The van der Waals surface area contributed by atoms with E-state index in [0.29, 0.717) is 5.54 Å². The van der Waals surface area contributed by atoms with E-state index in [1.54, 1.807) is 0 Å². The summed E-state index contributed by atoms with van der Waals surface area (Å²) in [7, 11) is 0. The maximum absolute atomic E-state index is 6.38. The first kappa shape index (κ1) is 15.8. The van der Waals surface area contributed by atoms with Crippen molar-refractivity contribution in [3.05, 3.63) is 0 Å². The molecule has 2 N–H and O–H groups in total. The molecule has 0 aliphatic heterocycles. The van der Waals surface area contributed by atoms with Crippen LogP contribution in [0.5, 0.6) is 0 Å². The van der Waals surface area contributed by atoms with Crippen molar-refractivity contribution in [3.63, 3.8) is 0 Å². The Balaban J connectivity index is 1.68. The number of nitrogens with two attached hydrogens (primary N) is 1. The molecule has 0 aromatic rings. The van der Waals surface area contributed by atoms with E-state index >= 15 is 0 Å². The van der Waals surface area contributed by atoms with Crippen LogP contribution in [0.1, 0.15) is 71.6 Å². The predicted octanol–water partition coefficient (Wildman–Crippen LogP) is 4.04. The Morgan fingerprint density at radius 2 is 1.57 bits per heavy atom. The lowest BCUT2D eigenvalue weighted by Gasteiger charge is -2.44. The highest BCUT2D eigenvalue weighted by Gasteiger charge is 2.42. The molecule has 0 amide bonds. The fourth-order valence-corrected chi connectivity index (χ4v) is 4.42. The molecule has 0 radical (unpaired) electrons. The third-order valence-electron chi connectivity index (χ3n) is 6.54. The lowest BCUT2D eigenvalue weighted by atomic mass is 9.85. The Hall–Kier alpha value is -0.0800. The summed E-state index contributed by atoms with van der Waals surface area (Å²) in [6, 6.07) is 0. The van der Waals surface area contributed by atoms with Crippen LogP contribution in [0.2, 0.25) is 0 Å². The van der Waals surface area contributed by atoms with Crippen molar-refractivity contribution in [2.45, 2.75) is 77.2 Å². The number of hydrogen-bond acceptors (Lipinski definition) is 2. The Labute approximate surface area is 131 Å². The van der Waals surface area contributed by atoms with Gasteiger partial charge >= 0.3 is 0 Å². The molecule has 0 aromatic carbocycles. The van der Waals surface area contributed by atoms with Gasteiger partial charge in [-0.05, 0) is 68.6 Å². The SMILES string of the molecule is CC(C)C1CCCC(CN)(N(CC2CC2)CC2CC2)CC1. The third kappa shape index (κ3) is 4.01. The minimum atomic E-state index is 0.342. The van der Waals surface area contributed by atoms with Gasteiger partial charge in [0, 0.05) is 25.2 Å². The molecule has 0 saturated heterocycles. The van der Waals surface area contributed by atoms with Gasteiger partial charge in [-0.15, -0.1) is 0 Å². The van der Waals surface area contributed by atoms with Crippen LogP contribution >= 0.6 is 0 Å². The van der Waals surface area contributed by atoms with Crippen LogP contribution in [0.15, 0.2) is 0 Å². The van der Waals surface area contributed by atoms with Crippen molar-refractivity contribution in [1.29, 1.82) is 0 Å². The average molecular weight is 293 g/mol. The first-order chi connectivity index (χ1) is 10.1. The normalized spacial score (nSPS) is 34.4. The van der Waals surface area contributed by atoms with E-state index in [1.807, 2.05) is 0 Å². The van der Waals surface area contributed by atoms with Gasteiger partial charge in [-0.1, -0.05) is 26.7 Å². The Morgan fingerprint density at radius 1 is 0.952 bits per heavy atom. The molecule has 3 rings (SSSR count). The van der Waals surface area contributed by atoms with E-state index < -0.39 is 0 Å². The molecule has 0 aromatic heterocycles. The second kappa shape index (κ2) is 6.58. The molecule has 3 fully saturated rings. The van der Waals surface area contributed by atoms with Crippen LogP contribution in [0.25, 0.3) is 0 Å². The van der Waals surface area contributed by atoms with Crippen molar-refractivity contribution < 1.29 is 0 Å². The molecular formula is C19H36N2. The van der Waals surface area contributed by atoms with Crippen LogP contribution < -0.4 is 5.73 Å². The number of hydrogen-bond donors (Lipinski definition) is 1. The minimum Gasteiger partial charge on any atom is -0.329 e. The molecule has 3 aliphatic rings. The fraction of sp³-hybridized carbons (Fsp3) is 1.00. The van der Waals surface area contributed by atoms with Gasteiger partial charge in [0.1, 0.15) is 0 Å². The Morgan fingerprint density at radius 3 is 2.05 bits per heavy atom. The molecule has 3 saturated carbocycles. The lowest BCUT2D eigenvalue weighted by Crippen LogP contribution is -2.55. The first-order valence-corrected chi connectivity index (χ1v) is 9.58. The van der Waals surface area contributed by atoms with Crippen molar-refractivity contribution in [3.8, 4) is 0 Å². The topological polar surface area (TPSA) is 29.3 Å². The monoisotopic (exact) mass is 292 g/mol. The zero-order chi connectivity index (χ0) is 14.9. The molecule has 2 unspecified atom stereocenters. The van der Waals surface area contributed by atoms with Gasteiger partial charge in [-0.25, -0.2) is 0 Å². The summed E-state index contributed by atoms with van der Waals surface area (Å²) in [5, 5.41) is 0. The van der Waals surface area contributed by atoms with Crippen molar-refractivity contribution >= 4 is 0 Å². The molecule has 2 nitrogen and oxygen atoms in total. The van der Waals surface area contributed by atoms with Gasteiger partial charge in [0.15, 0.2) is 0 Å². The predicted molar refractivity (Wildman–Crippen MR) is 90.2 cm³/mol. The summed E-state index contributed by atoms with van der Waals surface area (Å²) in [5.74, 6) is 3.77. The smallest absolute Gasteiger partial charge is 0.0332 e. The van der Waals surface area contributed by atoms with E-state index in [9.17, 15) is 0 Å². The van der Waals surface area contributed by atoms with Crippen LogP contribution in [0, 0.1) is 23.7 Å². The summed E-state index contributed by atoms with van der Waals surface area (Å²) in [6.45, 7) is 8.40. The van der Waals surface area contributed by atoms with Gasteiger partial charge in [0.25, 0.3) is 0 Å². The maximum Gasteiger partial charge on any atom is 0.0332 e. The second-order valence-electron chi connectivity index (χ2n) is 8.66. The molecule has 21 heavy (non-hydrogen) atoms. The highest BCUT2D eigenvalue weighted by atomic mass is 15.2. The molecule has 2 atom stereocenters. The van der Waals surface area contributed by atoms with Crippen molar-refractivity contribution in [2.75, 3.05) is 19.6 Å². The van der Waals surface area contributed by atoms with E-state index in [2.05, 4.69) is 18.7 Å². The van der Waals surface area contributed by atoms with Gasteiger partial charge in [0.2, 0.25) is 0 Å². The fourth-order valence-electron chi connectivity index (χ4n) is 4.42. The molecule has 0 bridgehead atoms. The molecule has 0 heterocycles. The molecule has 0 spiro atoms. The van der Waals surface area contributed by atoms with Gasteiger partial charge in [0.05, 0.1) is 0 Å². The van der Waals surface area contributed by atoms with Crippen LogP contribution in [-0.4, -0.2) is 30.1 Å². The number of nitrogens with zero attached hydrogens (tertiary/aromatic N) is 1. The molecule has 122 valence electrons. The van der Waals surface area contributed by atoms with E-state index in [4.69, 9.17) is 5.73 Å². The highest BCUT2D eigenvalue weighted by molar-refractivity contribution is 4.98. The van der Waals surface area contributed by atoms with E-state index in [1.165, 1.54) is 70.9 Å². The van der Waals surface area contributed by atoms with E-state index in [-0.39, 0.29) is 0 Å². The summed E-state index contributed by atoms with van der Waals surface area (Å²) in [5.41, 5.74) is 6.72. The van der Waals surface area contributed by atoms with Crippen molar-refractivity contribution in [2.24, 2.45) is 29.4 Å². The first-order valence-electron chi connectivity index (χ1n) is 9.58. The van der Waals surface area contributed by atoms with Gasteiger partial charge < -0.3 is 5.73 Å². The summed E-state index contributed by atoms with van der Waals surface area (Å²) in [4.78, 5) is 2.88. The third-order valence-corrected chi connectivity index (χ3v) is 6.54. The molecular weight excluding hydrogens is 256 g/mol. The summed E-state index contributed by atoms with van der Waals surface area (Å²) in [6.07, 6.45) is 12.8. The van der Waals surface area contributed by atoms with Crippen LogP contribution in [0.3, 0.4) is 0 Å². The van der Waals surface area contributed by atoms with Crippen LogP contribution in [-0.2, 0) is 0 Å². The number of rotatable bonds is 7. The molecule has 3 aliphatic carbocycles. The zero-order valence-electron chi connectivity index (χ0n) is 14.3. The average Bonchev–Trinajstić information content (AvgIpc) is 3.33. The summed E-state index contributed by atoms with van der Waals surface area (Å²) >= 11 is 0. The summed E-state index contributed by atoms with van der Waals surface area (Å²) < 4.78 is 0. The second-order valence-corrected chi connectivity index (χ2v) is 8.66. The standard InChI is InChI=1S/C19H36N2/c1-15(2)18-4-3-10-19(14-20,11-9-18)21(12-16-5-6-16)13-17-7-8-17/h15-18H,3-14,20H2,1-2H3. The maximum atomic E-state index is 6.38. The zero-order valence-corrected chi connectivity index (χ0v) is 14.3. The highest BCUT2D eigenvalue weighted by Crippen LogP contribution is 2.42. The lowest BCUT2D eigenvalue weighted by molar-refractivity contribution is 0.0660.